The van der Waals surface area contributed by atoms with Crippen LogP contribution >= 0.6 is 23.8 Å². The largest absolute Gasteiger partial charge is 0.416 e. The van der Waals surface area contributed by atoms with E-state index >= 15 is 0 Å². The second kappa shape index (κ2) is 8.31. The molecule has 3 nitrogen and oxygen atoms in total. The maximum Gasteiger partial charge on any atom is 0.416 e. The Morgan fingerprint density at radius 1 is 1.12 bits per heavy atom. The third-order valence-electron chi connectivity index (χ3n) is 3.28. The van der Waals surface area contributed by atoms with Crippen LogP contribution in [-0.2, 0) is 17.4 Å². The van der Waals surface area contributed by atoms with Crippen LogP contribution in [0.15, 0.2) is 48.5 Å². The number of rotatable bonds is 4. The summed E-state index contributed by atoms with van der Waals surface area (Å²) in [5, 5.41) is 4.90. The molecule has 2 aromatic carbocycles. The van der Waals surface area contributed by atoms with E-state index in [1.807, 2.05) is 30.3 Å². The second-order valence-corrected chi connectivity index (χ2v) is 6.00. The smallest absolute Gasteiger partial charge is 0.331 e. The first-order chi connectivity index (χ1) is 11.8. The molecule has 0 atom stereocenters. The monoisotopic (exact) mass is 386 g/mol. The zero-order valence-electron chi connectivity index (χ0n) is 12.9. The van der Waals surface area contributed by atoms with E-state index < -0.39 is 11.7 Å². The predicted molar refractivity (Wildman–Crippen MR) is 95.6 cm³/mol. The number of hydrogen-bond acceptors (Lipinski definition) is 2. The molecule has 0 fully saturated rings. The molecule has 0 aliphatic heterocycles. The Hall–Kier alpha value is -2.12. The van der Waals surface area contributed by atoms with Gasteiger partial charge in [-0.2, -0.15) is 13.2 Å². The molecule has 25 heavy (non-hydrogen) atoms. The van der Waals surface area contributed by atoms with E-state index in [9.17, 15) is 18.0 Å². The van der Waals surface area contributed by atoms with Crippen molar-refractivity contribution in [3.05, 3.63) is 64.7 Å². The molecule has 0 radical (unpaired) electrons. The molecular weight excluding hydrogens is 373 g/mol. The number of anilines is 1. The van der Waals surface area contributed by atoms with Crippen LogP contribution in [0.1, 0.15) is 17.5 Å². The SMILES string of the molecule is O=C(CCc1ccccc1)NC(=S)Nc1cc(C(F)(F)F)ccc1Cl. The van der Waals surface area contributed by atoms with Crippen LogP contribution in [0.5, 0.6) is 0 Å². The van der Waals surface area contributed by atoms with Gasteiger partial charge in [0.15, 0.2) is 5.11 Å². The van der Waals surface area contributed by atoms with Gasteiger partial charge in [-0.3, -0.25) is 4.79 Å². The summed E-state index contributed by atoms with van der Waals surface area (Å²) in [7, 11) is 0. The molecule has 0 saturated heterocycles. The standard InChI is InChI=1S/C17H14ClF3N2OS/c18-13-8-7-12(17(19,20)21)10-14(13)22-16(25)23-15(24)9-6-11-4-2-1-3-5-11/h1-5,7-8,10H,6,9H2,(H2,22,23,24,25). The van der Waals surface area contributed by atoms with Gasteiger partial charge in [-0.25, -0.2) is 0 Å². The van der Waals surface area contributed by atoms with Crippen LogP contribution in [0.4, 0.5) is 18.9 Å². The lowest BCUT2D eigenvalue weighted by molar-refractivity contribution is -0.137. The summed E-state index contributed by atoms with van der Waals surface area (Å²) in [5.74, 6) is -0.343. The van der Waals surface area contributed by atoms with Crippen molar-refractivity contribution < 1.29 is 18.0 Å². The lowest BCUT2D eigenvalue weighted by atomic mass is 10.1. The fourth-order valence-electron chi connectivity index (χ4n) is 2.04. The quantitative estimate of drug-likeness (QED) is 0.741. The van der Waals surface area contributed by atoms with Crippen molar-refractivity contribution in [2.45, 2.75) is 19.0 Å². The average molecular weight is 387 g/mol. The summed E-state index contributed by atoms with van der Waals surface area (Å²) in [5.41, 5.74) is 0.111. The van der Waals surface area contributed by atoms with Crippen LogP contribution in [0.25, 0.3) is 0 Å². The zero-order chi connectivity index (χ0) is 18.4. The topological polar surface area (TPSA) is 41.1 Å². The molecule has 2 N–H and O–H groups in total. The number of thiocarbonyl (C=S) groups is 1. The molecule has 0 unspecified atom stereocenters. The molecule has 0 heterocycles. The van der Waals surface area contributed by atoms with Crippen LogP contribution in [0.3, 0.4) is 0 Å². The van der Waals surface area contributed by atoms with Gasteiger partial charge in [0.25, 0.3) is 0 Å². The van der Waals surface area contributed by atoms with Gasteiger partial charge in [0.05, 0.1) is 16.3 Å². The Bertz CT molecular complexity index is 766. The lowest BCUT2D eigenvalue weighted by Crippen LogP contribution is -2.34. The summed E-state index contributed by atoms with van der Waals surface area (Å²) < 4.78 is 38.2. The molecule has 0 aliphatic carbocycles. The molecule has 0 bridgehead atoms. The predicted octanol–water partition coefficient (Wildman–Crippen LogP) is 4.80. The minimum Gasteiger partial charge on any atom is -0.331 e. The van der Waals surface area contributed by atoms with Crippen molar-refractivity contribution in [3.8, 4) is 0 Å². The Morgan fingerprint density at radius 3 is 2.44 bits per heavy atom. The van der Waals surface area contributed by atoms with Crippen LogP contribution < -0.4 is 10.6 Å². The van der Waals surface area contributed by atoms with E-state index in [1.54, 1.807) is 0 Å². The van der Waals surface area contributed by atoms with Gasteiger partial charge < -0.3 is 10.6 Å². The highest BCUT2D eigenvalue weighted by molar-refractivity contribution is 7.80. The molecule has 1 amide bonds. The zero-order valence-corrected chi connectivity index (χ0v) is 14.4. The number of benzene rings is 2. The molecule has 0 aliphatic rings. The molecule has 132 valence electrons. The molecule has 0 aromatic heterocycles. The van der Waals surface area contributed by atoms with Crippen molar-refractivity contribution in [2.24, 2.45) is 0 Å². The van der Waals surface area contributed by atoms with Crippen molar-refractivity contribution in [1.29, 1.82) is 0 Å². The fraction of sp³-hybridized carbons (Fsp3) is 0.176. The number of nitrogens with one attached hydrogen (secondary N) is 2. The van der Waals surface area contributed by atoms with Gasteiger partial charge in [-0.15, -0.1) is 0 Å². The Morgan fingerprint density at radius 2 is 1.80 bits per heavy atom. The summed E-state index contributed by atoms with van der Waals surface area (Å²) in [6.07, 6.45) is -3.77. The number of amides is 1. The second-order valence-electron chi connectivity index (χ2n) is 5.18. The highest BCUT2D eigenvalue weighted by atomic mass is 35.5. The minimum absolute atomic E-state index is 0.0233. The number of carbonyl (C=O) groups excluding carboxylic acids is 1. The van der Waals surface area contributed by atoms with E-state index in [0.717, 1.165) is 23.8 Å². The van der Waals surface area contributed by atoms with Gasteiger partial charge in [-0.05, 0) is 42.4 Å². The number of aryl methyl sites for hydroxylation is 1. The van der Waals surface area contributed by atoms with Crippen LogP contribution in [0.2, 0.25) is 5.02 Å². The van der Waals surface area contributed by atoms with E-state index in [1.165, 1.54) is 0 Å². The van der Waals surface area contributed by atoms with Gasteiger partial charge >= 0.3 is 6.18 Å². The first-order valence-corrected chi connectivity index (χ1v) is 8.06. The van der Waals surface area contributed by atoms with Gasteiger partial charge in [0, 0.05) is 6.42 Å². The Kier molecular flexibility index (Phi) is 6.39. The number of halogens is 4. The average Bonchev–Trinajstić information content (AvgIpc) is 2.55. The number of hydrogen-bond donors (Lipinski definition) is 2. The highest BCUT2D eigenvalue weighted by Crippen LogP contribution is 2.33. The van der Waals surface area contributed by atoms with Gasteiger partial charge in [0.2, 0.25) is 5.91 Å². The maximum absolute atomic E-state index is 12.7. The normalized spacial score (nSPS) is 11.0. The van der Waals surface area contributed by atoms with Crippen molar-refractivity contribution in [3.63, 3.8) is 0 Å². The third kappa shape index (κ3) is 6.03. The fourth-order valence-corrected chi connectivity index (χ4v) is 2.43. The maximum atomic E-state index is 12.7. The number of carbonyl (C=O) groups is 1. The Labute approximate surface area is 153 Å². The van der Waals surface area contributed by atoms with E-state index in [-0.39, 0.29) is 28.2 Å². The first-order valence-electron chi connectivity index (χ1n) is 7.27. The minimum atomic E-state index is -4.50. The molecule has 0 spiro atoms. The van der Waals surface area contributed by atoms with Crippen molar-refractivity contribution >= 4 is 40.5 Å². The van der Waals surface area contributed by atoms with Crippen LogP contribution in [0, 0.1) is 0 Å². The van der Waals surface area contributed by atoms with E-state index in [0.29, 0.717) is 6.42 Å². The third-order valence-corrected chi connectivity index (χ3v) is 3.81. The van der Waals surface area contributed by atoms with Gasteiger partial charge in [-0.1, -0.05) is 41.9 Å². The summed E-state index contributed by atoms with van der Waals surface area (Å²) in [4.78, 5) is 11.9. The molecule has 2 aromatic rings. The summed E-state index contributed by atoms with van der Waals surface area (Å²) in [6, 6.07) is 12.2. The van der Waals surface area contributed by atoms with E-state index in [4.69, 9.17) is 23.8 Å². The molecule has 0 saturated carbocycles. The van der Waals surface area contributed by atoms with E-state index in [2.05, 4.69) is 10.6 Å². The summed E-state index contributed by atoms with van der Waals surface area (Å²) >= 11 is 10.8. The molecular formula is C17H14ClF3N2OS. The lowest BCUT2D eigenvalue weighted by Gasteiger charge is -2.13. The molecule has 2 rings (SSSR count). The summed E-state index contributed by atoms with van der Waals surface area (Å²) in [6.45, 7) is 0. The highest BCUT2D eigenvalue weighted by Gasteiger charge is 2.31. The van der Waals surface area contributed by atoms with Crippen molar-refractivity contribution in [1.82, 2.24) is 5.32 Å². The Balaban J connectivity index is 1.92. The molecule has 8 heteroatoms. The van der Waals surface area contributed by atoms with Crippen LogP contribution in [-0.4, -0.2) is 11.0 Å². The number of alkyl halides is 3. The van der Waals surface area contributed by atoms with Gasteiger partial charge in [0.1, 0.15) is 0 Å². The van der Waals surface area contributed by atoms with Crippen molar-refractivity contribution in [2.75, 3.05) is 5.32 Å². The first kappa shape index (κ1) is 19.2.